The lowest BCUT2D eigenvalue weighted by Crippen LogP contribution is -2.30. The first-order chi connectivity index (χ1) is 10.5. The third-order valence-electron chi connectivity index (χ3n) is 2.98. The monoisotopic (exact) mass is 301 g/mol. The highest BCUT2D eigenvalue weighted by atomic mass is 19.1. The number of hydrogen-bond donors (Lipinski definition) is 1. The van der Waals surface area contributed by atoms with Gasteiger partial charge >= 0.3 is 5.97 Å². The Morgan fingerprint density at radius 1 is 1.09 bits per heavy atom. The molecule has 4 nitrogen and oxygen atoms in total. The summed E-state index contributed by atoms with van der Waals surface area (Å²) in [5.74, 6) is -1.31. The summed E-state index contributed by atoms with van der Waals surface area (Å²) in [7, 11) is 0. The first-order valence-electron chi connectivity index (χ1n) is 6.84. The molecule has 0 aliphatic heterocycles. The number of nitrogens with one attached hydrogen (secondary N) is 1. The Morgan fingerprint density at radius 2 is 1.73 bits per heavy atom. The molecule has 2 rings (SSSR count). The van der Waals surface area contributed by atoms with Crippen LogP contribution in [-0.2, 0) is 20.7 Å². The van der Waals surface area contributed by atoms with Gasteiger partial charge in [-0.05, 0) is 36.8 Å². The van der Waals surface area contributed by atoms with Gasteiger partial charge in [-0.15, -0.1) is 0 Å². The molecule has 0 spiro atoms. The molecule has 2 aromatic rings. The van der Waals surface area contributed by atoms with E-state index in [0.717, 1.165) is 0 Å². The third-order valence-corrected chi connectivity index (χ3v) is 2.98. The minimum absolute atomic E-state index is 0.0107. The number of anilines is 1. The van der Waals surface area contributed by atoms with E-state index in [9.17, 15) is 14.0 Å². The molecular formula is C17H16FNO3. The SMILES string of the molecule is C[C@@H](OC(=O)Cc1ccc(F)cc1)C(=O)Nc1ccccc1. The molecule has 0 saturated heterocycles. The predicted molar refractivity (Wildman–Crippen MR) is 80.7 cm³/mol. The highest BCUT2D eigenvalue weighted by Crippen LogP contribution is 2.08. The molecule has 0 saturated carbocycles. The van der Waals surface area contributed by atoms with Gasteiger partial charge in [0.15, 0.2) is 6.10 Å². The fourth-order valence-electron chi connectivity index (χ4n) is 1.83. The van der Waals surface area contributed by atoms with Crippen LogP contribution in [0.2, 0.25) is 0 Å². The van der Waals surface area contributed by atoms with Crippen LogP contribution in [0.15, 0.2) is 54.6 Å². The van der Waals surface area contributed by atoms with Gasteiger partial charge in [-0.1, -0.05) is 30.3 Å². The van der Waals surface area contributed by atoms with Gasteiger partial charge in [0.05, 0.1) is 6.42 Å². The number of carbonyl (C=O) groups is 2. The van der Waals surface area contributed by atoms with E-state index in [1.54, 1.807) is 24.3 Å². The van der Waals surface area contributed by atoms with Crippen LogP contribution in [0.4, 0.5) is 10.1 Å². The van der Waals surface area contributed by atoms with Crippen molar-refractivity contribution in [1.82, 2.24) is 0 Å². The molecule has 0 fully saturated rings. The molecule has 0 unspecified atom stereocenters. The molecule has 1 atom stereocenters. The minimum atomic E-state index is -0.909. The van der Waals surface area contributed by atoms with E-state index in [2.05, 4.69) is 5.32 Å². The lowest BCUT2D eigenvalue weighted by Gasteiger charge is -2.13. The fraction of sp³-hybridized carbons (Fsp3) is 0.176. The van der Waals surface area contributed by atoms with Crippen LogP contribution in [0.5, 0.6) is 0 Å². The number of halogens is 1. The largest absolute Gasteiger partial charge is 0.452 e. The number of ether oxygens (including phenoxy) is 1. The van der Waals surface area contributed by atoms with Crippen LogP contribution in [-0.4, -0.2) is 18.0 Å². The van der Waals surface area contributed by atoms with Crippen LogP contribution in [0, 0.1) is 5.82 Å². The molecule has 0 radical (unpaired) electrons. The zero-order valence-electron chi connectivity index (χ0n) is 12.1. The van der Waals surface area contributed by atoms with Crippen molar-refractivity contribution in [2.75, 3.05) is 5.32 Å². The minimum Gasteiger partial charge on any atom is -0.452 e. The van der Waals surface area contributed by atoms with E-state index >= 15 is 0 Å². The zero-order valence-corrected chi connectivity index (χ0v) is 12.1. The summed E-state index contributed by atoms with van der Waals surface area (Å²) in [5.41, 5.74) is 1.26. The van der Waals surface area contributed by atoms with Crippen LogP contribution in [0.25, 0.3) is 0 Å². The Bertz CT molecular complexity index is 641. The quantitative estimate of drug-likeness (QED) is 0.864. The van der Waals surface area contributed by atoms with Crippen molar-refractivity contribution >= 4 is 17.6 Å². The predicted octanol–water partition coefficient (Wildman–Crippen LogP) is 2.94. The Morgan fingerprint density at radius 3 is 2.36 bits per heavy atom. The Hall–Kier alpha value is -2.69. The maximum Gasteiger partial charge on any atom is 0.311 e. The number of benzene rings is 2. The van der Waals surface area contributed by atoms with Gasteiger partial charge in [-0.25, -0.2) is 4.39 Å². The molecule has 1 amide bonds. The number of para-hydroxylation sites is 1. The van der Waals surface area contributed by atoms with Gasteiger partial charge < -0.3 is 10.1 Å². The number of esters is 1. The van der Waals surface area contributed by atoms with E-state index in [1.165, 1.54) is 31.2 Å². The molecule has 22 heavy (non-hydrogen) atoms. The second-order valence-electron chi connectivity index (χ2n) is 4.79. The molecule has 0 aliphatic rings. The molecule has 0 aromatic heterocycles. The molecule has 0 aliphatic carbocycles. The van der Waals surface area contributed by atoms with Crippen LogP contribution in [0.1, 0.15) is 12.5 Å². The maximum atomic E-state index is 12.8. The number of amides is 1. The summed E-state index contributed by atoms with van der Waals surface area (Å²) in [6.07, 6.45) is -0.920. The van der Waals surface area contributed by atoms with Gasteiger partial charge in [0.1, 0.15) is 5.82 Å². The van der Waals surface area contributed by atoms with Gasteiger partial charge in [-0.3, -0.25) is 9.59 Å². The second kappa shape index (κ2) is 7.36. The van der Waals surface area contributed by atoms with Crippen molar-refractivity contribution in [2.45, 2.75) is 19.4 Å². The summed E-state index contributed by atoms with van der Waals surface area (Å²) in [6.45, 7) is 1.50. The standard InChI is InChI=1S/C17H16FNO3/c1-12(17(21)19-15-5-3-2-4-6-15)22-16(20)11-13-7-9-14(18)10-8-13/h2-10,12H,11H2,1H3,(H,19,21)/t12-/m1/s1. The normalized spacial score (nSPS) is 11.5. The van der Waals surface area contributed by atoms with Crippen molar-refractivity contribution in [2.24, 2.45) is 0 Å². The number of rotatable bonds is 5. The van der Waals surface area contributed by atoms with E-state index < -0.39 is 18.0 Å². The topological polar surface area (TPSA) is 55.4 Å². The van der Waals surface area contributed by atoms with Crippen LogP contribution < -0.4 is 5.32 Å². The highest BCUT2D eigenvalue weighted by molar-refractivity contribution is 5.95. The lowest BCUT2D eigenvalue weighted by molar-refractivity contribution is -0.152. The highest BCUT2D eigenvalue weighted by Gasteiger charge is 2.18. The Kier molecular flexibility index (Phi) is 5.25. The summed E-state index contributed by atoms with van der Waals surface area (Å²) >= 11 is 0. The number of carbonyl (C=O) groups excluding carboxylic acids is 2. The summed E-state index contributed by atoms with van der Waals surface area (Å²) in [5, 5.41) is 2.65. The van der Waals surface area contributed by atoms with Gasteiger partial charge in [-0.2, -0.15) is 0 Å². The van der Waals surface area contributed by atoms with Crippen molar-refractivity contribution in [1.29, 1.82) is 0 Å². The van der Waals surface area contributed by atoms with Crippen molar-refractivity contribution < 1.29 is 18.7 Å². The first kappa shape index (κ1) is 15.7. The fourth-order valence-corrected chi connectivity index (χ4v) is 1.83. The Balaban J connectivity index is 1.85. The van der Waals surface area contributed by atoms with Gasteiger partial charge in [0, 0.05) is 5.69 Å². The summed E-state index contributed by atoms with van der Waals surface area (Å²) < 4.78 is 17.9. The average Bonchev–Trinajstić information content (AvgIpc) is 2.50. The van der Waals surface area contributed by atoms with Gasteiger partial charge in [0.2, 0.25) is 0 Å². The van der Waals surface area contributed by atoms with E-state index in [1.807, 2.05) is 6.07 Å². The van der Waals surface area contributed by atoms with E-state index in [-0.39, 0.29) is 12.2 Å². The van der Waals surface area contributed by atoms with Crippen LogP contribution >= 0.6 is 0 Å². The van der Waals surface area contributed by atoms with Crippen molar-refractivity contribution in [3.8, 4) is 0 Å². The van der Waals surface area contributed by atoms with E-state index in [0.29, 0.717) is 11.3 Å². The first-order valence-corrected chi connectivity index (χ1v) is 6.84. The molecule has 0 heterocycles. The molecule has 2 aromatic carbocycles. The number of hydrogen-bond acceptors (Lipinski definition) is 3. The average molecular weight is 301 g/mol. The molecule has 0 bridgehead atoms. The maximum absolute atomic E-state index is 12.8. The van der Waals surface area contributed by atoms with Crippen molar-refractivity contribution in [3.63, 3.8) is 0 Å². The van der Waals surface area contributed by atoms with Gasteiger partial charge in [0.25, 0.3) is 5.91 Å². The molecule has 5 heteroatoms. The van der Waals surface area contributed by atoms with E-state index in [4.69, 9.17) is 4.74 Å². The summed E-state index contributed by atoms with van der Waals surface area (Å²) in [4.78, 5) is 23.7. The van der Waals surface area contributed by atoms with Crippen molar-refractivity contribution in [3.05, 3.63) is 66.0 Å². The smallest absolute Gasteiger partial charge is 0.311 e. The summed E-state index contributed by atoms with van der Waals surface area (Å²) in [6, 6.07) is 14.5. The molecular weight excluding hydrogens is 285 g/mol. The Labute approximate surface area is 127 Å². The molecule has 1 N–H and O–H groups in total. The zero-order chi connectivity index (χ0) is 15.9. The lowest BCUT2D eigenvalue weighted by atomic mass is 10.1. The third kappa shape index (κ3) is 4.70. The second-order valence-corrected chi connectivity index (χ2v) is 4.79. The molecule has 114 valence electrons. The van der Waals surface area contributed by atoms with Crippen LogP contribution in [0.3, 0.4) is 0 Å².